The minimum absolute atomic E-state index is 0.103. The molecular weight excluding hydrogens is 600 g/mol. The number of allylic oxidation sites excluding steroid dienone is 2. The second-order valence-corrected chi connectivity index (χ2v) is 13.9. The van der Waals surface area contributed by atoms with Crippen LogP contribution in [-0.2, 0) is 4.79 Å². The lowest BCUT2D eigenvalue weighted by atomic mass is 9.99. The lowest BCUT2D eigenvalue weighted by molar-refractivity contribution is -0.111. The van der Waals surface area contributed by atoms with E-state index in [4.69, 9.17) is 18.9 Å². The molecule has 7 nitrogen and oxygen atoms in total. The summed E-state index contributed by atoms with van der Waals surface area (Å²) in [5.74, 6) is 4.78. The first-order valence-electron chi connectivity index (χ1n) is 18.6. The average molecular weight is 659 g/mol. The molecule has 2 saturated heterocycles. The Morgan fingerprint density at radius 2 is 1.04 bits per heavy atom. The Balaban J connectivity index is 1.15. The number of ketones is 1. The van der Waals surface area contributed by atoms with E-state index in [1.165, 1.54) is 51.9 Å². The number of carbonyl (C=O) groups is 1. The van der Waals surface area contributed by atoms with Gasteiger partial charge in [-0.1, -0.05) is 26.0 Å². The van der Waals surface area contributed by atoms with Crippen LogP contribution in [0.3, 0.4) is 0 Å². The smallest absolute Gasteiger partial charge is 0.185 e. The van der Waals surface area contributed by atoms with Crippen molar-refractivity contribution >= 4 is 17.9 Å². The number of rotatable bonds is 16. The van der Waals surface area contributed by atoms with Crippen molar-refractivity contribution in [1.82, 2.24) is 9.80 Å². The van der Waals surface area contributed by atoms with Gasteiger partial charge in [-0.25, -0.2) is 0 Å². The number of hydrogen-bond acceptors (Lipinski definition) is 7. The summed E-state index contributed by atoms with van der Waals surface area (Å²) in [6.45, 7) is 18.0. The summed E-state index contributed by atoms with van der Waals surface area (Å²) in [7, 11) is 0. The van der Waals surface area contributed by atoms with Gasteiger partial charge in [0.15, 0.2) is 28.8 Å². The third kappa shape index (κ3) is 10.6. The molecule has 262 valence electrons. The second kappa shape index (κ2) is 18.5. The molecule has 2 aromatic carbocycles. The zero-order valence-electron chi connectivity index (χ0n) is 29.9. The highest BCUT2D eigenvalue weighted by Gasteiger charge is 2.24. The normalized spacial score (nSPS) is 20.1. The fourth-order valence-electron chi connectivity index (χ4n) is 6.90. The molecule has 2 aromatic rings. The van der Waals surface area contributed by atoms with Gasteiger partial charge in [-0.05, 0) is 151 Å². The molecule has 1 aliphatic carbocycles. The van der Waals surface area contributed by atoms with Crippen LogP contribution in [0.4, 0.5) is 0 Å². The molecule has 0 radical (unpaired) electrons. The molecule has 7 heteroatoms. The monoisotopic (exact) mass is 658 g/mol. The Morgan fingerprint density at radius 3 is 1.44 bits per heavy atom. The van der Waals surface area contributed by atoms with E-state index >= 15 is 0 Å². The van der Waals surface area contributed by atoms with Gasteiger partial charge in [0.1, 0.15) is 0 Å². The predicted octanol–water partition coefficient (Wildman–Crippen LogP) is 8.32. The number of ether oxygens (including phenoxy) is 4. The Labute approximate surface area is 289 Å². The molecule has 0 spiro atoms. The van der Waals surface area contributed by atoms with Crippen molar-refractivity contribution in [1.29, 1.82) is 0 Å². The van der Waals surface area contributed by atoms with E-state index in [0.29, 0.717) is 26.4 Å². The molecule has 5 rings (SSSR count). The predicted molar refractivity (Wildman–Crippen MR) is 195 cm³/mol. The van der Waals surface area contributed by atoms with Gasteiger partial charge in [-0.2, -0.15) is 0 Å². The molecule has 0 N–H and O–H groups in total. The third-order valence-electron chi connectivity index (χ3n) is 9.97. The van der Waals surface area contributed by atoms with Gasteiger partial charge in [0, 0.05) is 24.2 Å². The quantitative estimate of drug-likeness (QED) is 0.133. The van der Waals surface area contributed by atoms with Crippen LogP contribution in [0, 0.1) is 11.8 Å². The summed E-state index contributed by atoms with van der Waals surface area (Å²) in [6.07, 6.45) is 12.6. The van der Waals surface area contributed by atoms with Crippen LogP contribution in [-0.4, -0.2) is 81.3 Å². The molecule has 0 aromatic heterocycles. The highest BCUT2D eigenvalue weighted by molar-refractivity contribution is 6.15. The second-order valence-electron chi connectivity index (χ2n) is 13.9. The van der Waals surface area contributed by atoms with Crippen molar-refractivity contribution in [2.24, 2.45) is 11.8 Å². The topological polar surface area (TPSA) is 60.5 Å². The van der Waals surface area contributed by atoms with Gasteiger partial charge >= 0.3 is 0 Å². The molecule has 48 heavy (non-hydrogen) atoms. The van der Waals surface area contributed by atoms with Crippen molar-refractivity contribution in [3.63, 3.8) is 0 Å². The summed E-state index contributed by atoms with van der Waals surface area (Å²) in [5.41, 5.74) is 3.54. The van der Waals surface area contributed by atoms with Gasteiger partial charge in [-0.15, -0.1) is 0 Å². The fourth-order valence-corrected chi connectivity index (χ4v) is 6.90. The van der Waals surface area contributed by atoms with Crippen molar-refractivity contribution in [3.05, 3.63) is 58.7 Å². The zero-order chi connectivity index (χ0) is 33.7. The molecule has 0 unspecified atom stereocenters. The minimum Gasteiger partial charge on any atom is -0.490 e. The van der Waals surface area contributed by atoms with Crippen LogP contribution in [0.25, 0.3) is 12.2 Å². The number of benzene rings is 2. The number of Topliss-reactive ketones (excluding diaryl/α,β-unsaturated/α-hetero) is 1. The average Bonchev–Trinajstić information content (AvgIpc) is 3.42. The third-order valence-corrected chi connectivity index (χ3v) is 9.97. The summed E-state index contributed by atoms with van der Waals surface area (Å²) < 4.78 is 24.2. The number of piperidine rings is 2. The van der Waals surface area contributed by atoms with Crippen molar-refractivity contribution < 1.29 is 23.7 Å². The van der Waals surface area contributed by atoms with Crippen LogP contribution >= 0.6 is 0 Å². The molecule has 0 amide bonds. The first-order valence-corrected chi connectivity index (χ1v) is 18.6. The maximum absolute atomic E-state index is 13.5. The van der Waals surface area contributed by atoms with Crippen LogP contribution in [0.2, 0.25) is 0 Å². The van der Waals surface area contributed by atoms with E-state index in [-0.39, 0.29) is 5.78 Å². The summed E-state index contributed by atoms with van der Waals surface area (Å²) >= 11 is 0. The zero-order valence-corrected chi connectivity index (χ0v) is 29.9. The molecule has 2 aliphatic heterocycles. The minimum atomic E-state index is 0.103. The molecule has 0 atom stereocenters. The van der Waals surface area contributed by atoms with Crippen LogP contribution in [0.15, 0.2) is 47.5 Å². The highest BCUT2D eigenvalue weighted by atomic mass is 16.5. The van der Waals surface area contributed by atoms with Gasteiger partial charge < -0.3 is 28.7 Å². The lowest BCUT2D eigenvalue weighted by Crippen LogP contribution is -2.34. The van der Waals surface area contributed by atoms with Crippen LogP contribution < -0.4 is 18.9 Å². The number of nitrogens with zero attached hydrogens (tertiary/aromatic N) is 2. The number of hydrogen-bond donors (Lipinski definition) is 0. The standard InChI is InChI=1S/C41H58N2O5/c1-5-45-39-29-33(9-13-37(39)47-25-7-19-42-21-15-31(3)16-22-42)27-35-11-12-36(41(35)44)28-34-10-14-38(40(30-34)46-6-2)48-26-8-20-43-23-17-32(4)18-24-43/h9-10,13-14,27-32H,5-8,11-12,15-26H2,1-4H3/b35-27+,36-28+. The largest absolute Gasteiger partial charge is 0.490 e. The number of likely N-dealkylation sites (tertiary alicyclic amines) is 2. The Hall–Kier alpha value is -3.29. The highest BCUT2D eigenvalue weighted by Crippen LogP contribution is 2.35. The molecular formula is C41H58N2O5. The van der Waals surface area contributed by atoms with E-state index in [1.807, 2.05) is 62.4 Å². The number of carbonyl (C=O) groups excluding carboxylic acids is 1. The Bertz CT molecular complexity index is 1280. The van der Waals surface area contributed by atoms with Crippen LogP contribution in [0.5, 0.6) is 23.0 Å². The molecule has 0 bridgehead atoms. The van der Waals surface area contributed by atoms with Gasteiger partial charge in [0.25, 0.3) is 0 Å². The summed E-state index contributed by atoms with van der Waals surface area (Å²) in [5, 5.41) is 0. The Morgan fingerprint density at radius 1 is 0.625 bits per heavy atom. The molecule has 2 heterocycles. The van der Waals surface area contributed by atoms with E-state index < -0.39 is 0 Å². The lowest BCUT2D eigenvalue weighted by Gasteiger charge is -2.30. The fraction of sp³-hybridized carbons (Fsp3) is 0.585. The Kier molecular flexibility index (Phi) is 13.9. The van der Waals surface area contributed by atoms with Crippen molar-refractivity contribution in [2.45, 2.75) is 79.1 Å². The SMILES string of the molecule is CCOc1cc(/C=C2\CC/C(=C\c3ccc(OCCCN4CCC(C)CC4)c(OCC)c3)C2=O)ccc1OCCCN1CCC(C)CC1. The first kappa shape index (κ1) is 36.0. The van der Waals surface area contributed by atoms with Crippen molar-refractivity contribution in [2.75, 3.05) is 65.7 Å². The van der Waals surface area contributed by atoms with E-state index in [9.17, 15) is 4.79 Å². The van der Waals surface area contributed by atoms with Crippen LogP contribution in [0.1, 0.15) is 90.2 Å². The van der Waals surface area contributed by atoms with E-state index in [1.54, 1.807) is 0 Å². The van der Waals surface area contributed by atoms with Gasteiger partial charge in [0.2, 0.25) is 0 Å². The van der Waals surface area contributed by atoms with E-state index in [0.717, 1.165) is 95.9 Å². The molecule has 1 saturated carbocycles. The van der Waals surface area contributed by atoms with Gasteiger partial charge in [0.05, 0.1) is 26.4 Å². The summed E-state index contributed by atoms with van der Waals surface area (Å²) in [4.78, 5) is 18.5. The van der Waals surface area contributed by atoms with Crippen molar-refractivity contribution in [3.8, 4) is 23.0 Å². The molecule has 3 fully saturated rings. The maximum Gasteiger partial charge on any atom is 0.185 e. The van der Waals surface area contributed by atoms with E-state index in [2.05, 4.69) is 23.6 Å². The first-order chi connectivity index (χ1) is 23.4. The molecule has 3 aliphatic rings. The van der Waals surface area contributed by atoms with Gasteiger partial charge in [-0.3, -0.25) is 4.79 Å². The summed E-state index contributed by atoms with van der Waals surface area (Å²) in [6, 6.07) is 12.0. The maximum atomic E-state index is 13.5.